The number of likely N-dealkylation sites (N-methyl/N-ethyl adjacent to an activating group) is 2. The van der Waals surface area contributed by atoms with Crippen molar-refractivity contribution in [3.05, 3.63) is 35.5 Å². The lowest BCUT2D eigenvalue weighted by atomic mass is 10.2. The van der Waals surface area contributed by atoms with Gasteiger partial charge in [0.2, 0.25) is 5.91 Å². The summed E-state index contributed by atoms with van der Waals surface area (Å²) >= 11 is 1.16. The number of carbonyl (C=O) groups excluding carboxylic acids is 3. The number of benzene rings is 1. The van der Waals surface area contributed by atoms with Gasteiger partial charge in [0.1, 0.15) is 24.7 Å². The number of aromatic nitrogens is 1. The molecule has 2 aliphatic rings. The third kappa shape index (κ3) is 2.93. The van der Waals surface area contributed by atoms with E-state index in [1.54, 1.807) is 37.7 Å². The number of thiazole rings is 1. The number of carbonyl (C=O) groups is 3. The van der Waals surface area contributed by atoms with Crippen molar-refractivity contribution in [1.82, 2.24) is 25.0 Å². The summed E-state index contributed by atoms with van der Waals surface area (Å²) < 4.78 is 13.9. The topological polar surface area (TPSA) is 97.9 Å². The molecule has 0 saturated carbocycles. The van der Waals surface area contributed by atoms with Gasteiger partial charge >= 0.3 is 12.1 Å². The molecule has 2 N–H and O–H groups in total. The van der Waals surface area contributed by atoms with Crippen LogP contribution in [0.4, 0.5) is 19.1 Å². The van der Waals surface area contributed by atoms with Crippen molar-refractivity contribution in [3.63, 3.8) is 0 Å². The smallest absolute Gasteiger partial charge is 0.314 e. The summed E-state index contributed by atoms with van der Waals surface area (Å²) in [7, 11) is 3.17. The predicted molar refractivity (Wildman–Crippen MR) is 99.9 cm³/mol. The number of rotatable bonds is 4. The minimum Gasteiger partial charge on any atom is -0.314 e. The van der Waals surface area contributed by atoms with Gasteiger partial charge < -0.3 is 20.4 Å². The lowest BCUT2D eigenvalue weighted by molar-refractivity contribution is -0.117. The van der Waals surface area contributed by atoms with E-state index in [-0.39, 0.29) is 12.6 Å². The van der Waals surface area contributed by atoms with Gasteiger partial charge in [-0.3, -0.25) is 9.69 Å². The average molecular weight is 404 g/mol. The molecule has 0 spiro atoms. The molecule has 9 nitrogen and oxygen atoms in total. The Morgan fingerprint density at radius 1 is 1.29 bits per heavy atom. The summed E-state index contributed by atoms with van der Waals surface area (Å²) in [6, 6.07) is 5.57. The molecule has 0 bridgehead atoms. The number of amides is 5. The molecular weight excluding hydrogens is 387 g/mol. The second-order valence-corrected chi connectivity index (χ2v) is 7.36. The second-order valence-electron chi connectivity index (χ2n) is 6.51. The Hall–Kier alpha value is -3.21. The van der Waals surface area contributed by atoms with Crippen LogP contribution in [-0.4, -0.2) is 70.6 Å². The monoisotopic (exact) mass is 404 g/mol. The number of hydrogen-bond donors (Lipinski definition) is 2. The standard InChI is InChI=1S/C17H17FN6O3S/c1-22-13-14(23(2)17(22)27)24(16(26)21-13)7-12(25)20-15-19-11(8-28-15)9-5-3-4-6-10(9)18/h3-6,8,13-14H,7H2,1-2H3,(H,21,26)(H,19,20,25). The van der Waals surface area contributed by atoms with Crippen LogP contribution in [0.25, 0.3) is 11.3 Å². The molecule has 2 atom stereocenters. The van der Waals surface area contributed by atoms with Crippen molar-refractivity contribution in [2.45, 2.75) is 12.3 Å². The Bertz CT molecular complexity index is 966. The molecule has 146 valence electrons. The lowest BCUT2D eigenvalue weighted by Crippen LogP contribution is -2.47. The molecular formula is C17H17FN6O3S. The van der Waals surface area contributed by atoms with Crippen molar-refractivity contribution in [2.24, 2.45) is 0 Å². The van der Waals surface area contributed by atoms with Gasteiger partial charge in [0.25, 0.3) is 0 Å². The van der Waals surface area contributed by atoms with E-state index in [4.69, 9.17) is 0 Å². The van der Waals surface area contributed by atoms with Gasteiger partial charge in [0.05, 0.1) is 5.69 Å². The largest absolute Gasteiger partial charge is 0.323 e. The first-order valence-electron chi connectivity index (χ1n) is 8.44. The molecule has 4 rings (SSSR count). The fraction of sp³-hybridized carbons (Fsp3) is 0.294. The van der Waals surface area contributed by atoms with E-state index in [0.29, 0.717) is 16.4 Å². The van der Waals surface area contributed by atoms with Gasteiger partial charge in [-0.25, -0.2) is 19.0 Å². The zero-order valence-electron chi connectivity index (χ0n) is 15.0. The lowest BCUT2D eigenvalue weighted by Gasteiger charge is -2.25. The Morgan fingerprint density at radius 3 is 2.79 bits per heavy atom. The fourth-order valence-electron chi connectivity index (χ4n) is 3.38. The highest BCUT2D eigenvalue weighted by atomic mass is 32.1. The zero-order chi connectivity index (χ0) is 20.0. The molecule has 5 amide bonds. The first kappa shape index (κ1) is 18.2. The molecule has 1 aromatic carbocycles. The van der Waals surface area contributed by atoms with Crippen molar-refractivity contribution >= 4 is 34.4 Å². The average Bonchev–Trinajstić information content (AvgIpc) is 3.30. The van der Waals surface area contributed by atoms with Gasteiger partial charge in [0.15, 0.2) is 5.13 Å². The normalized spacial score (nSPS) is 21.2. The molecule has 2 fully saturated rings. The third-order valence-corrected chi connectivity index (χ3v) is 5.52. The van der Waals surface area contributed by atoms with Crippen LogP contribution in [0.2, 0.25) is 0 Å². The van der Waals surface area contributed by atoms with E-state index in [1.807, 2.05) is 0 Å². The third-order valence-electron chi connectivity index (χ3n) is 4.77. The van der Waals surface area contributed by atoms with Gasteiger partial charge in [-0.05, 0) is 12.1 Å². The van der Waals surface area contributed by atoms with Crippen LogP contribution in [0.15, 0.2) is 29.6 Å². The molecule has 2 unspecified atom stereocenters. The number of fused-ring (bicyclic) bond motifs is 1. The van der Waals surface area contributed by atoms with E-state index in [9.17, 15) is 18.8 Å². The highest BCUT2D eigenvalue weighted by Gasteiger charge is 2.52. The minimum atomic E-state index is -0.568. The Morgan fingerprint density at radius 2 is 2.04 bits per heavy atom. The number of nitrogens with one attached hydrogen (secondary N) is 2. The van der Waals surface area contributed by atoms with Crippen LogP contribution >= 0.6 is 11.3 Å². The molecule has 0 radical (unpaired) electrons. The maximum Gasteiger partial charge on any atom is 0.323 e. The number of halogens is 1. The maximum atomic E-state index is 13.9. The number of nitrogens with zero attached hydrogens (tertiary/aromatic N) is 4. The molecule has 11 heteroatoms. The molecule has 3 heterocycles. The van der Waals surface area contributed by atoms with Crippen molar-refractivity contribution in [2.75, 3.05) is 26.0 Å². The summed E-state index contributed by atoms with van der Waals surface area (Å²) in [6.45, 7) is -0.243. The fourth-order valence-corrected chi connectivity index (χ4v) is 4.10. The molecule has 2 aromatic rings. The van der Waals surface area contributed by atoms with E-state index in [0.717, 1.165) is 11.3 Å². The van der Waals surface area contributed by atoms with Gasteiger partial charge in [-0.15, -0.1) is 11.3 Å². The van der Waals surface area contributed by atoms with Crippen molar-refractivity contribution in [3.8, 4) is 11.3 Å². The van der Waals surface area contributed by atoms with Crippen molar-refractivity contribution in [1.29, 1.82) is 0 Å². The molecule has 2 aliphatic heterocycles. The van der Waals surface area contributed by atoms with Gasteiger partial charge in [-0.1, -0.05) is 12.1 Å². The summed E-state index contributed by atoms with van der Waals surface area (Å²) in [5.74, 6) is -0.857. The quantitative estimate of drug-likeness (QED) is 0.808. The Labute approximate surface area is 163 Å². The van der Waals surface area contributed by atoms with Crippen LogP contribution in [0, 0.1) is 5.82 Å². The number of anilines is 1. The van der Waals surface area contributed by atoms with Gasteiger partial charge in [-0.2, -0.15) is 0 Å². The molecule has 0 aliphatic carbocycles. The van der Waals surface area contributed by atoms with E-state index >= 15 is 0 Å². The number of hydrogen-bond acceptors (Lipinski definition) is 5. The summed E-state index contributed by atoms with van der Waals surface area (Å²) in [5.41, 5.74) is 0.760. The van der Waals surface area contributed by atoms with Crippen LogP contribution in [0.5, 0.6) is 0 Å². The molecule has 2 saturated heterocycles. The molecule has 28 heavy (non-hydrogen) atoms. The maximum absolute atomic E-state index is 13.9. The highest BCUT2D eigenvalue weighted by molar-refractivity contribution is 7.14. The zero-order valence-corrected chi connectivity index (χ0v) is 15.9. The summed E-state index contributed by atoms with van der Waals surface area (Å²) in [4.78, 5) is 45.1. The van der Waals surface area contributed by atoms with E-state index < -0.39 is 30.1 Å². The summed E-state index contributed by atoms with van der Waals surface area (Å²) in [6.07, 6.45) is -1.08. The van der Waals surface area contributed by atoms with Crippen LogP contribution in [0.3, 0.4) is 0 Å². The minimum absolute atomic E-state index is 0.241. The molecule has 1 aromatic heterocycles. The van der Waals surface area contributed by atoms with Crippen LogP contribution < -0.4 is 10.6 Å². The van der Waals surface area contributed by atoms with E-state index in [1.165, 1.54) is 20.8 Å². The van der Waals surface area contributed by atoms with E-state index in [2.05, 4.69) is 15.6 Å². The first-order valence-corrected chi connectivity index (χ1v) is 9.32. The van der Waals surface area contributed by atoms with Gasteiger partial charge in [0, 0.05) is 25.0 Å². The Balaban J connectivity index is 1.45. The first-order chi connectivity index (χ1) is 13.4. The second kappa shape index (κ2) is 6.75. The number of urea groups is 2. The highest BCUT2D eigenvalue weighted by Crippen LogP contribution is 2.28. The Kier molecular flexibility index (Phi) is 4.38. The van der Waals surface area contributed by atoms with Crippen LogP contribution in [-0.2, 0) is 4.79 Å². The summed E-state index contributed by atoms with van der Waals surface area (Å²) in [5, 5.41) is 7.26. The van der Waals surface area contributed by atoms with Crippen LogP contribution in [0.1, 0.15) is 0 Å². The SMILES string of the molecule is CN1C(=O)N(C)C2C1NC(=O)N2CC(=O)Nc1nc(-c2ccccc2F)cs1. The predicted octanol–water partition coefficient (Wildman–Crippen LogP) is 1.56. The van der Waals surface area contributed by atoms with Crippen molar-refractivity contribution < 1.29 is 18.8 Å².